The van der Waals surface area contributed by atoms with Crippen LogP contribution in [0.2, 0.25) is 0 Å². The molecular weight excluding hydrogens is 308 g/mol. The summed E-state index contributed by atoms with van der Waals surface area (Å²) in [6, 6.07) is 7.60. The fraction of sp³-hybridized carbons (Fsp3) is 0.438. The first-order valence-electron chi connectivity index (χ1n) is 7.95. The standard InChI is InChI=1S/C16H20N6O2/c1-11-10-17-15(23)7-8-21(11)16(24)9-13-3-5-14(6-4-13)22-12(2)18-19-20-22/h3-6,11H,7-10H2,1-2H3,(H,17,23)/t11-/m0/s1. The third-order valence-corrected chi connectivity index (χ3v) is 4.19. The zero-order valence-electron chi connectivity index (χ0n) is 13.8. The van der Waals surface area contributed by atoms with E-state index in [4.69, 9.17) is 0 Å². The Morgan fingerprint density at radius 1 is 1.33 bits per heavy atom. The second kappa shape index (κ2) is 6.77. The van der Waals surface area contributed by atoms with Crippen LogP contribution < -0.4 is 5.32 Å². The van der Waals surface area contributed by atoms with Gasteiger partial charge in [0, 0.05) is 25.6 Å². The molecule has 1 saturated heterocycles. The largest absolute Gasteiger partial charge is 0.354 e. The second-order valence-corrected chi connectivity index (χ2v) is 5.97. The molecule has 0 unspecified atom stereocenters. The molecule has 0 spiro atoms. The fourth-order valence-corrected chi connectivity index (χ4v) is 2.77. The molecule has 24 heavy (non-hydrogen) atoms. The van der Waals surface area contributed by atoms with Gasteiger partial charge in [0.1, 0.15) is 0 Å². The highest BCUT2D eigenvalue weighted by molar-refractivity contribution is 5.81. The van der Waals surface area contributed by atoms with Crippen LogP contribution in [0.4, 0.5) is 0 Å². The number of carbonyl (C=O) groups excluding carboxylic acids is 2. The summed E-state index contributed by atoms with van der Waals surface area (Å²) < 4.78 is 1.64. The Kier molecular flexibility index (Phi) is 4.54. The molecule has 2 aromatic rings. The Morgan fingerprint density at radius 2 is 2.08 bits per heavy atom. The fourth-order valence-electron chi connectivity index (χ4n) is 2.77. The van der Waals surface area contributed by atoms with Crippen LogP contribution in [0.1, 0.15) is 24.7 Å². The second-order valence-electron chi connectivity index (χ2n) is 5.97. The van der Waals surface area contributed by atoms with E-state index < -0.39 is 0 Å². The maximum Gasteiger partial charge on any atom is 0.227 e. The number of benzene rings is 1. The third kappa shape index (κ3) is 3.42. The zero-order chi connectivity index (χ0) is 17.1. The van der Waals surface area contributed by atoms with E-state index in [2.05, 4.69) is 20.8 Å². The van der Waals surface area contributed by atoms with Crippen LogP contribution in [0.25, 0.3) is 5.69 Å². The summed E-state index contributed by atoms with van der Waals surface area (Å²) in [6.07, 6.45) is 0.668. The lowest BCUT2D eigenvalue weighted by Crippen LogP contribution is -2.42. The van der Waals surface area contributed by atoms with Crippen LogP contribution in [-0.2, 0) is 16.0 Å². The van der Waals surface area contributed by atoms with Crippen molar-refractivity contribution in [2.24, 2.45) is 0 Å². The minimum absolute atomic E-state index is 0.00156. The van der Waals surface area contributed by atoms with Gasteiger partial charge in [-0.2, -0.15) is 4.68 Å². The topological polar surface area (TPSA) is 93.0 Å². The molecule has 1 aromatic heterocycles. The zero-order valence-corrected chi connectivity index (χ0v) is 13.8. The Bertz CT molecular complexity index is 739. The summed E-state index contributed by atoms with van der Waals surface area (Å²) in [4.78, 5) is 25.8. The van der Waals surface area contributed by atoms with Crippen LogP contribution in [0, 0.1) is 6.92 Å². The highest BCUT2D eigenvalue weighted by Gasteiger charge is 2.24. The molecule has 1 atom stereocenters. The highest BCUT2D eigenvalue weighted by Crippen LogP contribution is 2.13. The van der Waals surface area contributed by atoms with E-state index in [1.807, 2.05) is 38.1 Å². The first-order valence-corrected chi connectivity index (χ1v) is 7.95. The van der Waals surface area contributed by atoms with Crippen molar-refractivity contribution in [3.8, 4) is 5.69 Å². The molecule has 8 heteroatoms. The minimum Gasteiger partial charge on any atom is -0.354 e. The van der Waals surface area contributed by atoms with Gasteiger partial charge in [-0.3, -0.25) is 9.59 Å². The number of nitrogens with zero attached hydrogens (tertiary/aromatic N) is 5. The SMILES string of the molecule is Cc1nnnn1-c1ccc(CC(=O)N2CCC(=O)NC[C@@H]2C)cc1. The maximum atomic E-state index is 12.6. The minimum atomic E-state index is -0.00156. The van der Waals surface area contributed by atoms with Crippen LogP contribution in [0.3, 0.4) is 0 Å². The Hall–Kier alpha value is -2.77. The van der Waals surface area contributed by atoms with Crippen molar-refractivity contribution in [3.63, 3.8) is 0 Å². The van der Waals surface area contributed by atoms with Crippen molar-refractivity contribution in [2.75, 3.05) is 13.1 Å². The van der Waals surface area contributed by atoms with Crippen LogP contribution in [0.5, 0.6) is 0 Å². The van der Waals surface area contributed by atoms with E-state index in [0.717, 1.165) is 11.3 Å². The van der Waals surface area contributed by atoms with Crippen molar-refractivity contribution in [1.82, 2.24) is 30.4 Å². The lowest BCUT2D eigenvalue weighted by atomic mass is 10.1. The molecule has 1 aliphatic rings. The summed E-state index contributed by atoms with van der Waals surface area (Å²) in [6.45, 7) is 4.75. The number of aromatic nitrogens is 4. The van der Waals surface area contributed by atoms with Crippen LogP contribution >= 0.6 is 0 Å². The summed E-state index contributed by atoms with van der Waals surface area (Å²) in [5, 5.41) is 14.2. The van der Waals surface area contributed by atoms with Gasteiger partial charge < -0.3 is 10.2 Å². The van der Waals surface area contributed by atoms with E-state index in [9.17, 15) is 9.59 Å². The predicted molar refractivity (Wildman–Crippen MR) is 86.4 cm³/mol. The van der Waals surface area contributed by atoms with E-state index in [0.29, 0.717) is 31.8 Å². The molecule has 1 aromatic carbocycles. The van der Waals surface area contributed by atoms with Gasteiger partial charge in [0.15, 0.2) is 5.82 Å². The summed E-state index contributed by atoms with van der Waals surface area (Å²) >= 11 is 0. The van der Waals surface area contributed by atoms with Crippen molar-refractivity contribution >= 4 is 11.8 Å². The van der Waals surface area contributed by atoms with E-state index in [1.54, 1.807) is 9.58 Å². The first-order chi connectivity index (χ1) is 11.5. The average Bonchev–Trinajstić information content (AvgIpc) is 2.92. The van der Waals surface area contributed by atoms with Gasteiger partial charge in [-0.05, 0) is 42.0 Å². The smallest absolute Gasteiger partial charge is 0.227 e. The number of rotatable bonds is 3. The molecule has 8 nitrogen and oxygen atoms in total. The number of carbonyl (C=O) groups is 2. The maximum absolute atomic E-state index is 12.6. The van der Waals surface area contributed by atoms with Gasteiger partial charge in [-0.25, -0.2) is 0 Å². The van der Waals surface area contributed by atoms with Crippen LogP contribution in [-0.4, -0.2) is 56.1 Å². The lowest BCUT2D eigenvalue weighted by Gasteiger charge is -2.26. The van der Waals surface area contributed by atoms with Gasteiger partial charge in [0.05, 0.1) is 12.1 Å². The molecule has 0 saturated carbocycles. The molecule has 1 N–H and O–H groups in total. The van der Waals surface area contributed by atoms with Gasteiger partial charge >= 0.3 is 0 Å². The van der Waals surface area contributed by atoms with Crippen molar-refractivity contribution < 1.29 is 9.59 Å². The van der Waals surface area contributed by atoms with Crippen LogP contribution in [0.15, 0.2) is 24.3 Å². The van der Waals surface area contributed by atoms with Crippen molar-refractivity contribution in [1.29, 1.82) is 0 Å². The monoisotopic (exact) mass is 328 g/mol. The molecule has 1 aliphatic heterocycles. The number of aryl methyl sites for hydroxylation is 1. The average molecular weight is 328 g/mol. The lowest BCUT2D eigenvalue weighted by molar-refractivity contribution is -0.132. The van der Waals surface area contributed by atoms with Gasteiger partial charge in [-0.15, -0.1) is 5.10 Å². The summed E-state index contributed by atoms with van der Waals surface area (Å²) in [5.41, 5.74) is 1.77. The number of hydrogen-bond donors (Lipinski definition) is 1. The number of tetrazole rings is 1. The molecule has 0 bridgehead atoms. The summed E-state index contributed by atoms with van der Waals surface area (Å²) in [5.74, 6) is 0.734. The van der Waals surface area contributed by atoms with E-state index >= 15 is 0 Å². The summed E-state index contributed by atoms with van der Waals surface area (Å²) in [7, 11) is 0. The third-order valence-electron chi connectivity index (χ3n) is 4.19. The molecule has 126 valence electrons. The number of amides is 2. The Labute approximate surface area is 139 Å². The van der Waals surface area contributed by atoms with Crippen molar-refractivity contribution in [3.05, 3.63) is 35.7 Å². The normalized spacial score (nSPS) is 18.2. The molecule has 2 heterocycles. The predicted octanol–water partition coefficient (Wildman–Crippen LogP) is 0.250. The molecule has 0 radical (unpaired) electrons. The van der Waals surface area contributed by atoms with Crippen molar-refractivity contribution in [2.45, 2.75) is 32.7 Å². The van der Waals surface area contributed by atoms with Gasteiger partial charge in [0.2, 0.25) is 11.8 Å². The number of nitrogens with one attached hydrogen (secondary N) is 1. The Balaban J connectivity index is 1.68. The number of hydrogen-bond acceptors (Lipinski definition) is 5. The molecule has 3 rings (SSSR count). The van der Waals surface area contributed by atoms with Gasteiger partial charge in [-0.1, -0.05) is 12.1 Å². The van der Waals surface area contributed by atoms with Gasteiger partial charge in [0.25, 0.3) is 0 Å². The molecule has 1 fully saturated rings. The Morgan fingerprint density at radius 3 is 2.75 bits per heavy atom. The van der Waals surface area contributed by atoms with E-state index in [-0.39, 0.29) is 17.9 Å². The molecule has 2 amide bonds. The molecular formula is C16H20N6O2. The first kappa shape index (κ1) is 16.1. The highest BCUT2D eigenvalue weighted by atomic mass is 16.2. The van der Waals surface area contributed by atoms with E-state index in [1.165, 1.54) is 0 Å². The quantitative estimate of drug-likeness (QED) is 0.872. The molecule has 0 aliphatic carbocycles.